The molecule has 78 valence electrons. The number of aldehydes is 1. The monoisotopic (exact) mass is 205 g/mol. The van der Waals surface area contributed by atoms with Crippen molar-refractivity contribution in [2.75, 3.05) is 5.32 Å². The first-order valence-electron chi connectivity index (χ1n) is 4.65. The average Bonchev–Trinajstić information content (AvgIpc) is 2.54. The van der Waals surface area contributed by atoms with Crippen molar-refractivity contribution < 1.29 is 14.7 Å². The Morgan fingerprint density at radius 3 is 2.93 bits per heavy atom. The van der Waals surface area contributed by atoms with Gasteiger partial charge in [0.1, 0.15) is 11.8 Å². The van der Waals surface area contributed by atoms with Crippen LogP contribution in [-0.2, 0) is 11.2 Å². The van der Waals surface area contributed by atoms with Crippen LogP contribution in [0.25, 0.3) is 0 Å². The quantitative estimate of drug-likeness (QED) is 0.714. The van der Waals surface area contributed by atoms with Crippen LogP contribution in [0.5, 0.6) is 0 Å². The molecule has 0 aliphatic carbocycles. The molecule has 1 aromatic rings. The summed E-state index contributed by atoms with van der Waals surface area (Å²) >= 11 is 0. The summed E-state index contributed by atoms with van der Waals surface area (Å²) in [4.78, 5) is 21.6. The van der Waals surface area contributed by atoms with Gasteiger partial charge in [0, 0.05) is 17.7 Å². The minimum atomic E-state index is -0.955. The van der Waals surface area contributed by atoms with Gasteiger partial charge in [0.2, 0.25) is 0 Å². The van der Waals surface area contributed by atoms with Gasteiger partial charge in [-0.1, -0.05) is 0 Å². The van der Waals surface area contributed by atoms with Crippen molar-refractivity contribution in [3.8, 4) is 0 Å². The zero-order valence-electron chi connectivity index (χ0n) is 8.28. The fourth-order valence-electron chi connectivity index (χ4n) is 1.81. The highest BCUT2D eigenvalue weighted by molar-refractivity contribution is 5.87. The number of carbonyl (C=O) groups is 2. The lowest BCUT2D eigenvalue weighted by Gasteiger charge is -2.18. The van der Waals surface area contributed by atoms with Crippen molar-refractivity contribution in [2.45, 2.75) is 18.9 Å². The van der Waals surface area contributed by atoms with E-state index in [1.54, 1.807) is 25.1 Å². The predicted octanol–water partition coefficient (Wildman–Crippen LogP) is 1.31. The summed E-state index contributed by atoms with van der Waals surface area (Å²) in [5.74, 6) is -0.883. The van der Waals surface area contributed by atoms with E-state index in [0.29, 0.717) is 12.0 Å². The number of carbonyl (C=O) groups excluding carboxylic acids is 1. The summed E-state index contributed by atoms with van der Waals surface area (Å²) in [7, 11) is 0. The Labute approximate surface area is 86.9 Å². The second-order valence-electron chi connectivity index (χ2n) is 3.97. The van der Waals surface area contributed by atoms with E-state index < -0.39 is 11.5 Å². The van der Waals surface area contributed by atoms with Gasteiger partial charge in [-0.3, -0.25) is 4.79 Å². The van der Waals surface area contributed by atoms with Crippen LogP contribution in [0.4, 0.5) is 5.69 Å². The third-order valence-corrected chi connectivity index (χ3v) is 2.69. The first-order valence-corrected chi connectivity index (χ1v) is 4.65. The molecule has 1 atom stereocenters. The lowest BCUT2D eigenvalue weighted by Crippen LogP contribution is -2.41. The number of carboxylic acid groups (broad SMARTS) is 1. The molecule has 0 radical (unpaired) electrons. The van der Waals surface area contributed by atoms with E-state index in [0.717, 1.165) is 17.5 Å². The van der Waals surface area contributed by atoms with Crippen molar-refractivity contribution in [3.63, 3.8) is 0 Å². The molecule has 4 nitrogen and oxygen atoms in total. The van der Waals surface area contributed by atoms with Crippen LogP contribution < -0.4 is 5.32 Å². The molecule has 15 heavy (non-hydrogen) atoms. The van der Waals surface area contributed by atoms with Crippen molar-refractivity contribution in [3.05, 3.63) is 29.3 Å². The second-order valence-corrected chi connectivity index (χ2v) is 3.97. The molecular weight excluding hydrogens is 194 g/mol. The standard InChI is InChI=1S/C11H11NO3/c1-11(10(14)15)5-8-4-7(6-13)2-3-9(8)12-11/h2-4,6,12H,5H2,1H3,(H,14,15). The van der Waals surface area contributed by atoms with E-state index >= 15 is 0 Å². The maximum Gasteiger partial charge on any atom is 0.329 e. The summed E-state index contributed by atoms with van der Waals surface area (Å²) < 4.78 is 0. The van der Waals surface area contributed by atoms with Crippen LogP contribution >= 0.6 is 0 Å². The fourth-order valence-corrected chi connectivity index (χ4v) is 1.81. The Kier molecular flexibility index (Phi) is 2.00. The van der Waals surface area contributed by atoms with Crippen molar-refractivity contribution in [1.29, 1.82) is 0 Å². The molecule has 1 aliphatic heterocycles. The van der Waals surface area contributed by atoms with Crippen molar-refractivity contribution in [2.24, 2.45) is 0 Å². The summed E-state index contributed by atoms with van der Waals surface area (Å²) in [5.41, 5.74) is 1.30. The Hall–Kier alpha value is -1.84. The smallest absolute Gasteiger partial charge is 0.329 e. The predicted molar refractivity (Wildman–Crippen MR) is 55.2 cm³/mol. The third-order valence-electron chi connectivity index (χ3n) is 2.69. The van der Waals surface area contributed by atoms with Gasteiger partial charge in [-0.25, -0.2) is 4.79 Å². The molecule has 2 rings (SSSR count). The van der Waals surface area contributed by atoms with Gasteiger partial charge in [0.05, 0.1) is 0 Å². The van der Waals surface area contributed by atoms with Crippen molar-refractivity contribution in [1.82, 2.24) is 0 Å². The normalized spacial score (nSPS) is 23.0. The molecule has 0 saturated carbocycles. The van der Waals surface area contributed by atoms with Crippen LogP contribution in [-0.4, -0.2) is 22.9 Å². The largest absolute Gasteiger partial charge is 0.480 e. The number of rotatable bonds is 2. The zero-order valence-corrected chi connectivity index (χ0v) is 8.28. The first-order chi connectivity index (χ1) is 7.05. The minimum Gasteiger partial charge on any atom is -0.480 e. The van der Waals surface area contributed by atoms with Gasteiger partial charge in [-0.2, -0.15) is 0 Å². The highest BCUT2D eigenvalue weighted by Gasteiger charge is 2.39. The lowest BCUT2D eigenvalue weighted by molar-refractivity contribution is -0.141. The number of hydrogen-bond donors (Lipinski definition) is 2. The number of fused-ring (bicyclic) bond motifs is 1. The molecule has 0 saturated heterocycles. The molecule has 2 N–H and O–H groups in total. The van der Waals surface area contributed by atoms with Gasteiger partial charge < -0.3 is 10.4 Å². The van der Waals surface area contributed by atoms with Crippen LogP contribution in [0.1, 0.15) is 22.8 Å². The average molecular weight is 205 g/mol. The lowest BCUT2D eigenvalue weighted by atomic mass is 9.97. The van der Waals surface area contributed by atoms with Gasteiger partial charge in [0.25, 0.3) is 0 Å². The summed E-state index contributed by atoms with van der Waals surface area (Å²) in [5, 5.41) is 12.0. The maximum absolute atomic E-state index is 11.0. The van der Waals surface area contributed by atoms with Gasteiger partial charge in [-0.05, 0) is 30.7 Å². The Bertz CT molecular complexity index is 441. The highest BCUT2D eigenvalue weighted by atomic mass is 16.4. The Morgan fingerprint density at radius 2 is 2.33 bits per heavy atom. The second kappa shape index (κ2) is 3.08. The van der Waals surface area contributed by atoms with Gasteiger partial charge in [0.15, 0.2) is 0 Å². The van der Waals surface area contributed by atoms with E-state index in [1.807, 2.05) is 0 Å². The Balaban J connectivity index is 2.39. The zero-order chi connectivity index (χ0) is 11.1. The number of benzene rings is 1. The van der Waals surface area contributed by atoms with E-state index in [-0.39, 0.29) is 0 Å². The summed E-state index contributed by atoms with van der Waals surface area (Å²) in [6.45, 7) is 1.63. The molecule has 0 fully saturated rings. The Morgan fingerprint density at radius 1 is 1.60 bits per heavy atom. The van der Waals surface area contributed by atoms with E-state index in [4.69, 9.17) is 5.11 Å². The molecule has 4 heteroatoms. The molecule has 0 aromatic heterocycles. The van der Waals surface area contributed by atoms with Crippen LogP contribution in [0.2, 0.25) is 0 Å². The topological polar surface area (TPSA) is 66.4 Å². The van der Waals surface area contributed by atoms with Gasteiger partial charge in [-0.15, -0.1) is 0 Å². The molecule has 1 heterocycles. The number of carboxylic acids is 1. The third kappa shape index (κ3) is 1.48. The maximum atomic E-state index is 11.0. The van der Waals surface area contributed by atoms with Crippen LogP contribution in [0.15, 0.2) is 18.2 Å². The van der Waals surface area contributed by atoms with E-state index in [2.05, 4.69) is 5.32 Å². The fraction of sp³-hybridized carbons (Fsp3) is 0.273. The van der Waals surface area contributed by atoms with Crippen LogP contribution in [0.3, 0.4) is 0 Å². The minimum absolute atomic E-state index is 0.402. The molecule has 1 aromatic carbocycles. The summed E-state index contributed by atoms with van der Waals surface area (Å²) in [6.07, 6.45) is 1.16. The highest BCUT2D eigenvalue weighted by Crippen LogP contribution is 2.32. The number of aliphatic carboxylic acids is 1. The SMILES string of the molecule is CC1(C(=O)O)Cc2cc(C=O)ccc2N1. The molecule has 0 amide bonds. The van der Waals surface area contributed by atoms with Gasteiger partial charge >= 0.3 is 5.97 Å². The molecule has 1 unspecified atom stereocenters. The van der Waals surface area contributed by atoms with Crippen molar-refractivity contribution >= 4 is 17.9 Å². The number of anilines is 1. The molecule has 1 aliphatic rings. The van der Waals surface area contributed by atoms with E-state index in [1.165, 1.54) is 0 Å². The molecule has 0 spiro atoms. The number of hydrogen-bond acceptors (Lipinski definition) is 3. The summed E-state index contributed by atoms with van der Waals surface area (Å²) in [6, 6.07) is 5.14. The number of nitrogens with one attached hydrogen (secondary N) is 1. The van der Waals surface area contributed by atoms with E-state index in [9.17, 15) is 9.59 Å². The molecule has 0 bridgehead atoms. The van der Waals surface area contributed by atoms with Crippen LogP contribution in [0, 0.1) is 0 Å². The first kappa shape index (κ1) is 9.71. The molecular formula is C11H11NO3.